The monoisotopic (exact) mass is 284 g/mol. The van der Waals surface area contributed by atoms with Crippen LogP contribution < -0.4 is 5.32 Å². The van der Waals surface area contributed by atoms with Crippen LogP contribution in [0.15, 0.2) is 12.4 Å². The summed E-state index contributed by atoms with van der Waals surface area (Å²) in [7, 11) is 0. The number of carboxylic acids is 1. The number of carbonyl (C=O) groups is 2. The van der Waals surface area contributed by atoms with Crippen LogP contribution >= 0.6 is 0 Å². The summed E-state index contributed by atoms with van der Waals surface area (Å²) >= 11 is 0. The van der Waals surface area contributed by atoms with Gasteiger partial charge in [0.2, 0.25) is 0 Å². The standard InChI is InChI=1S/C11H16N4O5/c16-7-9-5-14(1-2-20-9)11(19)13-8-3-12-15(4-8)6-10(17)18/h3-4,9,16H,1-2,5-7H2,(H,13,19)(H,17,18). The Hall–Kier alpha value is -2.13. The van der Waals surface area contributed by atoms with Crippen molar-refractivity contribution in [2.24, 2.45) is 0 Å². The van der Waals surface area contributed by atoms with Crippen molar-refractivity contribution in [3.05, 3.63) is 12.4 Å². The average Bonchev–Trinajstić information content (AvgIpc) is 2.85. The summed E-state index contributed by atoms with van der Waals surface area (Å²) in [6.45, 7) is 0.717. The maximum Gasteiger partial charge on any atom is 0.325 e. The van der Waals surface area contributed by atoms with Gasteiger partial charge in [0.1, 0.15) is 6.54 Å². The quantitative estimate of drug-likeness (QED) is 0.666. The summed E-state index contributed by atoms with van der Waals surface area (Å²) in [6.07, 6.45) is 2.45. The molecule has 2 heterocycles. The van der Waals surface area contributed by atoms with E-state index in [-0.39, 0.29) is 25.3 Å². The van der Waals surface area contributed by atoms with Crippen LogP contribution in [0, 0.1) is 0 Å². The molecule has 1 saturated heterocycles. The van der Waals surface area contributed by atoms with Crippen LogP contribution in [0.5, 0.6) is 0 Å². The molecule has 0 saturated carbocycles. The van der Waals surface area contributed by atoms with Gasteiger partial charge in [-0.1, -0.05) is 0 Å². The number of carboxylic acid groups (broad SMARTS) is 1. The highest BCUT2D eigenvalue weighted by Gasteiger charge is 2.23. The van der Waals surface area contributed by atoms with Crippen molar-refractivity contribution >= 4 is 17.7 Å². The highest BCUT2D eigenvalue weighted by Crippen LogP contribution is 2.09. The Bertz CT molecular complexity index is 489. The van der Waals surface area contributed by atoms with Gasteiger partial charge < -0.3 is 25.2 Å². The van der Waals surface area contributed by atoms with Gasteiger partial charge in [0.05, 0.1) is 37.7 Å². The number of ether oxygens (including phenoxy) is 1. The molecule has 3 N–H and O–H groups in total. The summed E-state index contributed by atoms with van der Waals surface area (Å²) in [5.74, 6) is -1.01. The number of nitrogens with zero attached hydrogens (tertiary/aromatic N) is 3. The Morgan fingerprint density at radius 1 is 1.55 bits per heavy atom. The minimum atomic E-state index is -1.01. The van der Waals surface area contributed by atoms with E-state index in [4.69, 9.17) is 14.9 Å². The van der Waals surface area contributed by atoms with Crippen molar-refractivity contribution in [1.82, 2.24) is 14.7 Å². The molecule has 20 heavy (non-hydrogen) atoms. The molecule has 1 aliphatic heterocycles. The molecule has 0 bridgehead atoms. The number of hydrogen-bond acceptors (Lipinski definition) is 5. The number of urea groups is 1. The summed E-state index contributed by atoms with van der Waals surface area (Å²) in [4.78, 5) is 24.0. The van der Waals surface area contributed by atoms with Crippen LogP contribution in [0.25, 0.3) is 0 Å². The van der Waals surface area contributed by atoms with E-state index < -0.39 is 5.97 Å². The molecule has 0 aliphatic carbocycles. The number of aliphatic hydroxyl groups is 1. The van der Waals surface area contributed by atoms with Crippen molar-refractivity contribution in [1.29, 1.82) is 0 Å². The van der Waals surface area contributed by atoms with Crippen molar-refractivity contribution in [3.8, 4) is 0 Å². The van der Waals surface area contributed by atoms with E-state index >= 15 is 0 Å². The fraction of sp³-hybridized carbons (Fsp3) is 0.545. The summed E-state index contributed by atoms with van der Waals surface area (Å²) < 4.78 is 6.47. The Morgan fingerprint density at radius 3 is 3.05 bits per heavy atom. The van der Waals surface area contributed by atoms with E-state index in [9.17, 15) is 9.59 Å². The first-order valence-electron chi connectivity index (χ1n) is 6.11. The van der Waals surface area contributed by atoms with Gasteiger partial charge in [-0.2, -0.15) is 5.10 Å². The zero-order valence-corrected chi connectivity index (χ0v) is 10.7. The van der Waals surface area contributed by atoms with E-state index in [0.29, 0.717) is 25.4 Å². The molecule has 0 radical (unpaired) electrons. The maximum absolute atomic E-state index is 12.0. The molecule has 1 fully saturated rings. The summed E-state index contributed by atoms with van der Waals surface area (Å²) in [5, 5.41) is 24.1. The molecule has 1 unspecified atom stereocenters. The van der Waals surface area contributed by atoms with Crippen LogP contribution in [0.2, 0.25) is 0 Å². The number of rotatable bonds is 4. The lowest BCUT2D eigenvalue weighted by Crippen LogP contribution is -2.48. The first kappa shape index (κ1) is 14.3. The smallest absolute Gasteiger partial charge is 0.325 e. The van der Waals surface area contributed by atoms with E-state index in [1.54, 1.807) is 0 Å². The molecular formula is C11H16N4O5. The number of aromatic nitrogens is 2. The Kier molecular flexibility index (Phi) is 4.53. The molecule has 1 atom stereocenters. The first-order chi connectivity index (χ1) is 9.58. The number of nitrogens with one attached hydrogen (secondary N) is 1. The fourth-order valence-electron chi connectivity index (χ4n) is 1.87. The van der Waals surface area contributed by atoms with Gasteiger partial charge in [-0.15, -0.1) is 0 Å². The van der Waals surface area contributed by atoms with E-state index in [0.717, 1.165) is 0 Å². The summed E-state index contributed by atoms with van der Waals surface area (Å²) in [5.41, 5.74) is 0.420. The molecule has 2 rings (SSSR count). The van der Waals surface area contributed by atoms with Gasteiger partial charge in [-0.25, -0.2) is 4.79 Å². The van der Waals surface area contributed by atoms with Crippen LogP contribution in [0.3, 0.4) is 0 Å². The predicted octanol–water partition coefficient (Wildman–Crippen LogP) is -0.807. The zero-order chi connectivity index (χ0) is 14.5. The molecule has 1 aliphatic rings. The van der Waals surface area contributed by atoms with E-state index in [1.165, 1.54) is 22.0 Å². The number of aliphatic hydroxyl groups excluding tert-OH is 1. The first-order valence-corrected chi connectivity index (χ1v) is 6.11. The fourth-order valence-corrected chi connectivity index (χ4v) is 1.87. The molecule has 9 heteroatoms. The Morgan fingerprint density at radius 2 is 2.35 bits per heavy atom. The highest BCUT2D eigenvalue weighted by atomic mass is 16.5. The van der Waals surface area contributed by atoms with Gasteiger partial charge in [0, 0.05) is 12.7 Å². The minimum absolute atomic E-state index is 0.139. The average molecular weight is 284 g/mol. The normalized spacial score (nSPS) is 18.9. The number of hydrogen-bond donors (Lipinski definition) is 3. The second-order valence-electron chi connectivity index (χ2n) is 4.37. The highest BCUT2D eigenvalue weighted by molar-refractivity contribution is 5.89. The Labute approximate surface area is 114 Å². The van der Waals surface area contributed by atoms with Gasteiger partial charge in [0.15, 0.2) is 0 Å². The molecule has 2 amide bonds. The lowest BCUT2D eigenvalue weighted by molar-refractivity contribution is -0.137. The van der Waals surface area contributed by atoms with Gasteiger partial charge in [-0.05, 0) is 0 Å². The largest absolute Gasteiger partial charge is 0.480 e. The van der Waals surface area contributed by atoms with Crippen LogP contribution in [0.4, 0.5) is 10.5 Å². The molecule has 110 valence electrons. The lowest BCUT2D eigenvalue weighted by Gasteiger charge is -2.31. The molecular weight excluding hydrogens is 268 g/mol. The predicted molar refractivity (Wildman–Crippen MR) is 67.3 cm³/mol. The molecule has 1 aromatic rings. The number of anilines is 1. The Balaban J connectivity index is 1.90. The van der Waals surface area contributed by atoms with Gasteiger partial charge in [-0.3, -0.25) is 9.48 Å². The number of aliphatic carboxylic acids is 1. The summed E-state index contributed by atoms with van der Waals surface area (Å²) in [6, 6.07) is -0.332. The van der Waals surface area contributed by atoms with Crippen molar-refractivity contribution in [2.75, 3.05) is 31.6 Å². The van der Waals surface area contributed by atoms with Crippen molar-refractivity contribution in [2.45, 2.75) is 12.6 Å². The topological polar surface area (TPSA) is 117 Å². The number of morpholine rings is 1. The minimum Gasteiger partial charge on any atom is -0.480 e. The third-order valence-corrected chi connectivity index (χ3v) is 2.81. The molecule has 0 aromatic carbocycles. The van der Waals surface area contributed by atoms with Crippen LogP contribution in [-0.4, -0.2) is 69.3 Å². The third-order valence-electron chi connectivity index (χ3n) is 2.81. The van der Waals surface area contributed by atoms with E-state index in [2.05, 4.69) is 10.4 Å². The lowest BCUT2D eigenvalue weighted by atomic mass is 10.3. The maximum atomic E-state index is 12.0. The van der Waals surface area contributed by atoms with Gasteiger partial charge in [0.25, 0.3) is 0 Å². The number of amides is 2. The zero-order valence-electron chi connectivity index (χ0n) is 10.7. The van der Waals surface area contributed by atoms with Gasteiger partial charge >= 0.3 is 12.0 Å². The second-order valence-corrected chi connectivity index (χ2v) is 4.37. The van der Waals surface area contributed by atoms with Crippen molar-refractivity contribution < 1.29 is 24.5 Å². The second kappa shape index (κ2) is 6.35. The third kappa shape index (κ3) is 3.68. The number of carbonyl (C=O) groups excluding carboxylic acids is 1. The SMILES string of the molecule is O=C(O)Cn1cc(NC(=O)N2CCOC(CO)C2)cn1. The van der Waals surface area contributed by atoms with Crippen LogP contribution in [0.1, 0.15) is 0 Å². The van der Waals surface area contributed by atoms with E-state index in [1.807, 2.05) is 0 Å². The molecule has 9 nitrogen and oxygen atoms in total. The molecule has 0 spiro atoms. The van der Waals surface area contributed by atoms with Crippen LogP contribution in [-0.2, 0) is 16.1 Å². The molecule has 1 aromatic heterocycles. The van der Waals surface area contributed by atoms with Crippen molar-refractivity contribution in [3.63, 3.8) is 0 Å².